The quantitative estimate of drug-likeness (QED) is 0.776. The van der Waals surface area contributed by atoms with Crippen molar-refractivity contribution in [3.05, 3.63) is 53.7 Å². The predicted octanol–water partition coefficient (Wildman–Crippen LogP) is 1.99. The second kappa shape index (κ2) is 8.88. The molecule has 6 nitrogen and oxygen atoms in total. The number of aromatic nitrogens is 1. The fourth-order valence-electron chi connectivity index (χ4n) is 2.16. The van der Waals surface area contributed by atoms with Gasteiger partial charge >= 0.3 is 0 Å². The highest BCUT2D eigenvalue weighted by Gasteiger charge is 2.06. The van der Waals surface area contributed by atoms with Gasteiger partial charge in [0.25, 0.3) is 5.91 Å². The molecule has 0 bridgehead atoms. The van der Waals surface area contributed by atoms with E-state index in [1.807, 2.05) is 43.3 Å². The second-order valence-corrected chi connectivity index (χ2v) is 5.66. The fraction of sp³-hybridized carbons (Fsp3) is 0.333. The highest BCUT2D eigenvalue weighted by atomic mass is 16.5. The molecular weight excluding hydrogens is 304 g/mol. The minimum absolute atomic E-state index is 0.111. The van der Waals surface area contributed by atoms with Crippen LogP contribution in [0.15, 0.2) is 42.6 Å². The number of anilines is 1. The SMILES string of the molecule is COc1ccccc1CNc1ccc(C(=O)NCCN(C)C)cn1. The average Bonchev–Trinajstić information content (AvgIpc) is 2.60. The summed E-state index contributed by atoms with van der Waals surface area (Å²) in [6.45, 7) is 2.02. The monoisotopic (exact) mass is 328 g/mol. The standard InChI is InChI=1S/C18H24N4O2/c1-22(2)11-10-19-18(23)15-8-9-17(21-13-15)20-12-14-6-4-5-7-16(14)24-3/h4-9,13H,10-12H2,1-3H3,(H,19,23)(H,20,21). The molecule has 1 aromatic carbocycles. The number of pyridine rings is 1. The van der Waals surface area contributed by atoms with E-state index in [2.05, 4.69) is 15.6 Å². The van der Waals surface area contributed by atoms with Crippen LogP contribution in [0.5, 0.6) is 5.75 Å². The van der Waals surface area contributed by atoms with Gasteiger partial charge in [-0.1, -0.05) is 18.2 Å². The third kappa shape index (κ3) is 5.24. The summed E-state index contributed by atoms with van der Waals surface area (Å²) in [6.07, 6.45) is 1.58. The maximum atomic E-state index is 12.0. The number of para-hydroxylation sites is 1. The van der Waals surface area contributed by atoms with Crippen molar-refractivity contribution < 1.29 is 9.53 Å². The van der Waals surface area contributed by atoms with E-state index in [9.17, 15) is 4.79 Å². The fourth-order valence-corrected chi connectivity index (χ4v) is 2.16. The molecule has 0 saturated carbocycles. The zero-order valence-corrected chi connectivity index (χ0v) is 14.4. The molecule has 1 amide bonds. The second-order valence-electron chi connectivity index (χ2n) is 5.66. The van der Waals surface area contributed by atoms with Gasteiger partial charge < -0.3 is 20.3 Å². The number of carbonyl (C=O) groups is 1. The third-order valence-electron chi connectivity index (χ3n) is 3.52. The van der Waals surface area contributed by atoms with Gasteiger partial charge in [-0.25, -0.2) is 4.98 Å². The first-order chi connectivity index (χ1) is 11.6. The molecular formula is C18H24N4O2. The van der Waals surface area contributed by atoms with Crippen LogP contribution in [0, 0.1) is 0 Å². The molecule has 0 saturated heterocycles. The molecule has 6 heteroatoms. The Labute approximate surface area is 142 Å². The largest absolute Gasteiger partial charge is 0.496 e. The molecule has 0 spiro atoms. The van der Waals surface area contributed by atoms with E-state index in [0.29, 0.717) is 24.5 Å². The van der Waals surface area contributed by atoms with E-state index in [-0.39, 0.29) is 5.91 Å². The van der Waals surface area contributed by atoms with E-state index in [1.165, 1.54) is 0 Å². The Morgan fingerprint density at radius 2 is 2.00 bits per heavy atom. The van der Waals surface area contributed by atoms with Gasteiger partial charge in [0, 0.05) is 31.4 Å². The number of amides is 1. The number of methoxy groups -OCH3 is 1. The van der Waals surface area contributed by atoms with Crippen LogP contribution < -0.4 is 15.4 Å². The van der Waals surface area contributed by atoms with Gasteiger partial charge in [0.2, 0.25) is 0 Å². The number of hydrogen-bond donors (Lipinski definition) is 2. The molecule has 2 aromatic rings. The van der Waals surface area contributed by atoms with Crippen molar-refractivity contribution >= 4 is 11.7 Å². The van der Waals surface area contributed by atoms with Crippen LogP contribution in [0.1, 0.15) is 15.9 Å². The first-order valence-corrected chi connectivity index (χ1v) is 7.85. The first-order valence-electron chi connectivity index (χ1n) is 7.85. The molecule has 24 heavy (non-hydrogen) atoms. The van der Waals surface area contributed by atoms with Crippen LogP contribution in [0.4, 0.5) is 5.82 Å². The minimum atomic E-state index is -0.111. The molecule has 1 heterocycles. The zero-order chi connectivity index (χ0) is 17.4. The maximum absolute atomic E-state index is 12.0. The van der Waals surface area contributed by atoms with Crippen LogP contribution in [-0.2, 0) is 6.54 Å². The first kappa shape index (κ1) is 17.7. The maximum Gasteiger partial charge on any atom is 0.252 e. The van der Waals surface area contributed by atoms with Crippen molar-refractivity contribution in [3.63, 3.8) is 0 Å². The van der Waals surface area contributed by atoms with Crippen molar-refractivity contribution in [1.82, 2.24) is 15.2 Å². The van der Waals surface area contributed by atoms with Crippen LogP contribution in [0.25, 0.3) is 0 Å². The molecule has 0 unspecified atom stereocenters. The molecule has 2 N–H and O–H groups in total. The number of carbonyl (C=O) groups excluding carboxylic acids is 1. The van der Waals surface area contributed by atoms with Crippen molar-refractivity contribution in [1.29, 1.82) is 0 Å². The van der Waals surface area contributed by atoms with Gasteiger partial charge in [0.05, 0.1) is 12.7 Å². The number of benzene rings is 1. The normalized spacial score (nSPS) is 10.5. The molecule has 0 aliphatic heterocycles. The molecule has 0 atom stereocenters. The highest BCUT2D eigenvalue weighted by Crippen LogP contribution is 2.18. The van der Waals surface area contributed by atoms with Crippen molar-refractivity contribution in [3.8, 4) is 5.75 Å². The number of nitrogens with zero attached hydrogens (tertiary/aromatic N) is 2. The zero-order valence-electron chi connectivity index (χ0n) is 14.4. The van der Waals surface area contributed by atoms with Crippen molar-refractivity contribution in [2.75, 3.05) is 39.6 Å². The Hall–Kier alpha value is -2.60. The van der Waals surface area contributed by atoms with Crippen LogP contribution >= 0.6 is 0 Å². The van der Waals surface area contributed by atoms with Crippen LogP contribution in [-0.4, -0.2) is 50.1 Å². The molecule has 0 fully saturated rings. The van der Waals surface area contributed by atoms with Crippen molar-refractivity contribution in [2.24, 2.45) is 0 Å². The Kier molecular flexibility index (Phi) is 6.57. The summed E-state index contributed by atoms with van der Waals surface area (Å²) < 4.78 is 5.32. The van der Waals surface area contributed by atoms with Crippen molar-refractivity contribution in [2.45, 2.75) is 6.54 Å². The molecule has 2 rings (SSSR count). The van der Waals surface area contributed by atoms with E-state index < -0.39 is 0 Å². The number of rotatable bonds is 8. The van der Waals surface area contributed by atoms with E-state index in [0.717, 1.165) is 17.9 Å². The Morgan fingerprint density at radius 1 is 1.21 bits per heavy atom. The number of nitrogens with one attached hydrogen (secondary N) is 2. The summed E-state index contributed by atoms with van der Waals surface area (Å²) in [5.74, 6) is 1.44. The van der Waals surface area contributed by atoms with Crippen LogP contribution in [0.2, 0.25) is 0 Å². The Balaban J connectivity index is 1.89. The lowest BCUT2D eigenvalue weighted by atomic mass is 10.2. The lowest BCUT2D eigenvalue weighted by molar-refractivity contribution is 0.0950. The molecule has 0 aliphatic rings. The Morgan fingerprint density at radius 3 is 2.67 bits per heavy atom. The number of ether oxygens (including phenoxy) is 1. The highest BCUT2D eigenvalue weighted by molar-refractivity contribution is 5.94. The third-order valence-corrected chi connectivity index (χ3v) is 3.52. The molecule has 0 radical (unpaired) electrons. The topological polar surface area (TPSA) is 66.5 Å². The summed E-state index contributed by atoms with van der Waals surface area (Å²) in [5, 5.41) is 6.10. The van der Waals surface area contributed by atoms with Gasteiger partial charge in [-0.2, -0.15) is 0 Å². The molecule has 0 aliphatic carbocycles. The van der Waals surface area contributed by atoms with Gasteiger partial charge in [-0.3, -0.25) is 4.79 Å². The predicted molar refractivity (Wildman–Crippen MR) is 95.4 cm³/mol. The van der Waals surface area contributed by atoms with Gasteiger partial charge in [0.15, 0.2) is 0 Å². The van der Waals surface area contributed by atoms with Gasteiger partial charge in [-0.15, -0.1) is 0 Å². The summed E-state index contributed by atoms with van der Waals surface area (Å²) in [6, 6.07) is 11.4. The smallest absolute Gasteiger partial charge is 0.252 e. The average molecular weight is 328 g/mol. The summed E-state index contributed by atoms with van der Waals surface area (Å²) in [7, 11) is 5.59. The van der Waals surface area contributed by atoms with E-state index in [1.54, 1.807) is 25.4 Å². The van der Waals surface area contributed by atoms with E-state index in [4.69, 9.17) is 4.74 Å². The summed E-state index contributed by atoms with van der Waals surface area (Å²) >= 11 is 0. The number of likely N-dealkylation sites (N-methyl/N-ethyl adjacent to an activating group) is 1. The lowest BCUT2D eigenvalue weighted by Crippen LogP contribution is -2.31. The summed E-state index contributed by atoms with van der Waals surface area (Å²) in [5.41, 5.74) is 1.60. The number of hydrogen-bond acceptors (Lipinski definition) is 5. The van der Waals surface area contributed by atoms with E-state index >= 15 is 0 Å². The molecule has 128 valence electrons. The van der Waals surface area contributed by atoms with Crippen LogP contribution in [0.3, 0.4) is 0 Å². The Bertz CT molecular complexity index is 656. The lowest BCUT2D eigenvalue weighted by Gasteiger charge is -2.11. The summed E-state index contributed by atoms with van der Waals surface area (Å²) in [4.78, 5) is 18.3. The van der Waals surface area contributed by atoms with Gasteiger partial charge in [0.1, 0.15) is 11.6 Å². The van der Waals surface area contributed by atoms with Gasteiger partial charge in [-0.05, 0) is 32.3 Å². The minimum Gasteiger partial charge on any atom is -0.496 e. The molecule has 1 aromatic heterocycles.